The van der Waals surface area contributed by atoms with Gasteiger partial charge in [-0.15, -0.1) is 5.92 Å². The van der Waals surface area contributed by atoms with Gasteiger partial charge in [-0.1, -0.05) is 0 Å². The fraction of sp³-hybridized carbons (Fsp3) is 0.571. The third-order valence-corrected chi connectivity index (χ3v) is 0.855. The van der Waals surface area contributed by atoms with Gasteiger partial charge in [0.05, 0.1) is 7.11 Å². The largest absolute Gasteiger partial charge is 0.467 e. The van der Waals surface area contributed by atoms with E-state index in [1.165, 1.54) is 7.11 Å². The van der Waals surface area contributed by atoms with Gasteiger partial charge in [0.1, 0.15) is 6.61 Å². The quantitative estimate of drug-likeness (QED) is 0.342. The predicted molar refractivity (Wildman–Crippen MR) is 37.4 cm³/mol. The Bertz CT molecular complexity index is 177. The molecule has 0 radical (unpaired) electrons. The van der Waals surface area contributed by atoms with E-state index in [9.17, 15) is 4.79 Å². The van der Waals surface area contributed by atoms with Crippen LogP contribution in [0.15, 0.2) is 0 Å². The van der Waals surface area contributed by atoms with Crippen molar-refractivity contribution in [1.29, 1.82) is 0 Å². The van der Waals surface area contributed by atoms with Gasteiger partial charge in [0.25, 0.3) is 0 Å². The number of hydrogen-bond acceptors (Lipinski definition) is 4. The molecule has 0 aliphatic rings. The molecule has 4 heteroatoms. The number of esters is 1. The fourth-order valence-corrected chi connectivity index (χ4v) is 0.371. The molecule has 1 atom stereocenters. The first-order chi connectivity index (χ1) is 5.20. The summed E-state index contributed by atoms with van der Waals surface area (Å²) >= 11 is 0. The van der Waals surface area contributed by atoms with Crippen LogP contribution in [-0.2, 0) is 14.3 Å². The summed E-state index contributed by atoms with van der Waals surface area (Å²) in [4.78, 5) is 10.4. The molecule has 1 unspecified atom stereocenters. The highest BCUT2D eigenvalue weighted by atomic mass is 16.6. The molecule has 1 N–H and O–H groups in total. The molecular formula is C7H10O4. The molecule has 0 fully saturated rings. The second-order valence-electron chi connectivity index (χ2n) is 1.63. The third-order valence-electron chi connectivity index (χ3n) is 0.855. The average Bonchev–Trinajstić information content (AvgIpc) is 2.01. The molecule has 4 nitrogen and oxygen atoms in total. The summed E-state index contributed by atoms with van der Waals surface area (Å²) in [6.07, 6.45) is -1.21. The van der Waals surface area contributed by atoms with Crippen molar-refractivity contribution < 1.29 is 19.4 Å². The number of methoxy groups -OCH3 is 1. The molecule has 0 rings (SSSR count). The molecular weight excluding hydrogens is 148 g/mol. The number of aliphatic hydroxyl groups excluding tert-OH is 1. The molecule has 0 amide bonds. The maximum absolute atomic E-state index is 10.4. The number of ether oxygens (including phenoxy) is 2. The Morgan fingerprint density at radius 2 is 2.36 bits per heavy atom. The summed E-state index contributed by atoms with van der Waals surface area (Å²) < 4.78 is 8.80. The Hall–Kier alpha value is -1.05. The van der Waals surface area contributed by atoms with E-state index in [0.717, 1.165) is 0 Å². The van der Waals surface area contributed by atoms with Crippen molar-refractivity contribution in [3.8, 4) is 11.8 Å². The number of aliphatic hydroxyl groups is 1. The zero-order chi connectivity index (χ0) is 8.69. The van der Waals surface area contributed by atoms with Crippen molar-refractivity contribution in [2.45, 2.75) is 13.2 Å². The van der Waals surface area contributed by atoms with Gasteiger partial charge in [0, 0.05) is 0 Å². The van der Waals surface area contributed by atoms with Crippen LogP contribution in [-0.4, -0.2) is 31.1 Å². The molecule has 0 aromatic rings. The van der Waals surface area contributed by atoms with Crippen LogP contribution in [0.2, 0.25) is 0 Å². The highest BCUT2D eigenvalue weighted by Crippen LogP contribution is 1.85. The highest BCUT2D eigenvalue weighted by Gasteiger charge is 2.03. The Balaban J connectivity index is 3.50. The number of hydrogen-bond donors (Lipinski definition) is 1. The predicted octanol–water partition coefficient (Wildman–Crippen LogP) is -0.482. The number of carbonyl (C=O) groups excluding carboxylic acids is 1. The van der Waals surface area contributed by atoms with Gasteiger partial charge in [-0.3, -0.25) is 0 Å². The zero-order valence-electron chi connectivity index (χ0n) is 6.46. The van der Waals surface area contributed by atoms with E-state index in [1.807, 2.05) is 0 Å². The SMILES string of the molecule is CC#CC(O)OCC(=O)OC. The van der Waals surface area contributed by atoms with Crippen LogP contribution in [0.4, 0.5) is 0 Å². The van der Waals surface area contributed by atoms with Gasteiger partial charge in [-0.2, -0.15) is 0 Å². The van der Waals surface area contributed by atoms with Crippen molar-refractivity contribution in [1.82, 2.24) is 0 Å². The third kappa shape index (κ3) is 5.40. The summed E-state index contributed by atoms with van der Waals surface area (Å²) in [6.45, 7) is 1.27. The van der Waals surface area contributed by atoms with Crippen LogP contribution in [0.25, 0.3) is 0 Å². The first-order valence-electron chi connectivity index (χ1n) is 2.99. The number of carbonyl (C=O) groups is 1. The normalized spacial score (nSPS) is 11.2. The van der Waals surface area contributed by atoms with Crippen LogP contribution in [0.3, 0.4) is 0 Å². The topological polar surface area (TPSA) is 55.8 Å². The first-order valence-corrected chi connectivity index (χ1v) is 2.99. The first kappa shape index (κ1) is 9.95. The Labute approximate surface area is 65.1 Å². The maximum atomic E-state index is 10.4. The van der Waals surface area contributed by atoms with Gasteiger partial charge in [-0.25, -0.2) is 4.79 Å². The molecule has 0 bridgehead atoms. The smallest absolute Gasteiger partial charge is 0.331 e. The lowest BCUT2D eigenvalue weighted by Crippen LogP contribution is -2.17. The molecule has 0 aliphatic carbocycles. The summed E-state index contributed by atoms with van der Waals surface area (Å²) in [5.41, 5.74) is 0. The van der Waals surface area contributed by atoms with E-state index in [-0.39, 0.29) is 6.61 Å². The standard InChI is InChI=1S/C7H10O4/c1-3-4-6(8)11-5-7(9)10-2/h6,8H,5H2,1-2H3. The summed E-state index contributed by atoms with van der Waals surface area (Å²) in [5.74, 6) is 4.19. The van der Waals surface area contributed by atoms with E-state index in [2.05, 4.69) is 21.3 Å². The van der Waals surface area contributed by atoms with Gasteiger partial charge in [0.15, 0.2) is 0 Å². The zero-order valence-corrected chi connectivity index (χ0v) is 6.46. The van der Waals surface area contributed by atoms with Crippen LogP contribution >= 0.6 is 0 Å². The molecule has 0 spiro atoms. The second-order valence-corrected chi connectivity index (χ2v) is 1.63. The van der Waals surface area contributed by atoms with Crippen molar-refractivity contribution in [2.75, 3.05) is 13.7 Å². The van der Waals surface area contributed by atoms with Gasteiger partial charge >= 0.3 is 5.97 Å². The molecule has 0 saturated carbocycles. The van der Waals surface area contributed by atoms with Crippen molar-refractivity contribution >= 4 is 5.97 Å². The Morgan fingerprint density at radius 3 is 2.82 bits per heavy atom. The van der Waals surface area contributed by atoms with Crippen LogP contribution < -0.4 is 0 Å². The minimum atomic E-state index is -1.21. The van der Waals surface area contributed by atoms with Crippen molar-refractivity contribution in [3.05, 3.63) is 0 Å². The van der Waals surface area contributed by atoms with Crippen LogP contribution in [0.1, 0.15) is 6.92 Å². The van der Waals surface area contributed by atoms with Gasteiger partial charge in [0.2, 0.25) is 6.29 Å². The van der Waals surface area contributed by atoms with Gasteiger partial charge in [-0.05, 0) is 12.8 Å². The minimum absolute atomic E-state index is 0.285. The minimum Gasteiger partial charge on any atom is -0.467 e. The average molecular weight is 158 g/mol. The lowest BCUT2D eigenvalue weighted by molar-refractivity contribution is -0.153. The second kappa shape index (κ2) is 5.71. The van der Waals surface area contributed by atoms with E-state index < -0.39 is 12.3 Å². The molecule has 0 saturated heterocycles. The molecule has 0 aromatic heterocycles. The van der Waals surface area contributed by atoms with Crippen molar-refractivity contribution in [3.63, 3.8) is 0 Å². The lowest BCUT2D eigenvalue weighted by Gasteiger charge is -2.02. The summed E-state index contributed by atoms with van der Waals surface area (Å²) in [7, 11) is 1.24. The Morgan fingerprint density at radius 1 is 1.73 bits per heavy atom. The molecule has 0 aromatic carbocycles. The van der Waals surface area contributed by atoms with Crippen LogP contribution in [0, 0.1) is 11.8 Å². The van der Waals surface area contributed by atoms with E-state index in [1.54, 1.807) is 6.92 Å². The molecule has 11 heavy (non-hydrogen) atoms. The van der Waals surface area contributed by atoms with E-state index in [0.29, 0.717) is 0 Å². The lowest BCUT2D eigenvalue weighted by atomic mass is 10.6. The number of rotatable bonds is 3. The highest BCUT2D eigenvalue weighted by molar-refractivity contribution is 5.70. The monoisotopic (exact) mass is 158 g/mol. The van der Waals surface area contributed by atoms with Crippen LogP contribution in [0.5, 0.6) is 0 Å². The Kier molecular flexibility index (Phi) is 5.17. The summed E-state index contributed by atoms with van der Waals surface area (Å²) in [5, 5.41) is 8.79. The molecule has 0 heterocycles. The molecule has 0 aliphatic heterocycles. The van der Waals surface area contributed by atoms with E-state index in [4.69, 9.17) is 5.11 Å². The fourth-order valence-electron chi connectivity index (χ4n) is 0.371. The van der Waals surface area contributed by atoms with Crippen molar-refractivity contribution in [2.24, 2.45) is 0 Å². The maximum Gasteiger partial charge on any atom is 0.331 e. The van der Waals surface area contributed by atoms with Gasteiger partial charge < -0.3 is 14.6 Å². The van der Waals surface area contributed by atoms with E-state index >= 15 is 0 Å². The summed E-state index contributed by atoms with van der Waals surface area (Å²) in [6, 6.07) is 0. The molecule has 62 valence electrons.